The summed E-state index contributed by atoms with van der Waals surface area (Å²) in [7, 11) is 3.04. The average molecular weight is 396 g/mol. The van der Waals surface area contributed by atoms with Gasteiger partial charge in [-0.3, -0.25) is 0 Å². The molecule has 0 amide bonds. The number of fused-ring (bicyclic) bond motifs is 1. The molecular formula is C21H20N2O4S. The summed E-state index contributed by atoms with van der Waals surface area (Å²) in [5.74, 6) is 0.422. The number of aryl methyl sites for hydroxylation is 1. The normalized spacial score (nSPS) is 15.1. The summed E-state index contributed by atoms with van der Waals surface area (Å²) >= 11 is 1.47. The average Bonchev–Trinajstić information content (AvgIpc) is 3.32. The lowest BCUT2D eigenvalue weighted by atomic mass is 10.1. The number of aromatic nitrogens is 1. The number of nitrogens with one attached hydrogen (secondary N) is 1. The van der Waals surface area contributed by atoms with E-state index in [0.717, 1.165) is 17.7 Å². The highest BCUT2D eigenvalue weighted by molar-refractivity contribution is 7.14. The predicted octanol–water partition coefficient (Wildman–Crippen LogP) is 4.67. The number of hydrogen-bond donors (Lipinski definition) is 1. The van der Waals surface area contributed by atoms with E-state index < -0.39 is 12.2 Å². The van der Waals surface area contributed by atoms with Gasteiger partial charge in [-0.1, -0.05) is 31.2 Å². The van der Waals surface area contributed by atoms with Crippen molar-refractivity contribution in [3.05, 3.63) is 58.5 Å². The third-order valence-corrected chi connectivity index (χ3v) is 5.48. The number of carbonyl (C=O) groups excluding carboxylic acids is 1. The number of esters is 1. The van der Waals surface area contributed by atoms with Crippen LogP contribution in [0.3, 0.4) is 0 Å². The summed E-state index contributed by atoms with van der Waals surface area (Å²) in [6.07, 6.45) is 0.383. The van der Waals surface area contributed by atoms with Gasteiger partial charge in [0.25, 0.3) is 0 Å². The number of thiazole rings is 1. The van der Waals surface area contributed by atoms with Gasteiger partial charge in [-0.05, 0) is 24.1 Å². The molecular weight excluding hydrogens is 376 g/mol. The largest absolute Gasteiger partial charge is 0.493 e. The molecule has 1 N–H and O–H groups in total. The van der Waals surface area contributed by atoms with Crippen LogP contribution in [0.5, 0.6) is 11.5 Å². The molecule has 1 aliphatic rings. The highest BCUT2D eigenvalue weighted by atomic mass is 32.1. The van der Waals surface area contributed by atoms with Crippen LogP contribution in [-0.2, 0) is 11.2 Å². The smallest absolute Gasteiger partial charge is 0.344 e. The van der Waals surface area contributed by atoms with E-state index in [-0.39, 0.29) is 0 Å². The Hall–Kier alpha value is -3.06. The van der Waals surface area contributed by atoms with Crippen LogP contribution < -0.4 is 14.8 Å². The van der Waals surface area contributed by atoms with Crippen molar-refractivity contribution in [3.63, 3.8) is 0 Å². The number of ether oxygens (including phenoxy) is 3. The van der Waals surface area contributed by atoms with Crippen molar-refractivity contribution in [3.8, 4) is 22.8 Å². The molecule has 1 aliphatic heterocycles. The van der Waals surface area contributed by atoms with Crippen molar-refractivity contribution in [1.29, 1.82) is 0 Å². The van der Waals surface area contributed by atoms with Crippen LogP contribution in [0.2, 0.25) is 0 Å². The van der Waals surface area contributed by atoms with Gasteiger partial charge >= 0.3 is 5.97 Å². The van der Waals surface area contributed by atoms with Crippen molar-refractivity contribution in [2.75, 3.05) is 19.5 Å². The SMILES string of the molecule is CCc1ccc(-c2csc(N[C@H]3OC(=O)c4c3ccc(OC)c4OC)n2)cc1. The Labute approximate surface area is 167 Å². The second kappa shape index (κ2) is 7.52. The van der Waals surface area contributed by atoms with E-state index >= 15 is 0 Å². The predicted molar refractivity (Wildman–Crippen MR) is 108 cm³/mol. The second-order valence-electron chi connectivity index (χ2n) is 6.28. The van der Waals surface area contributed by atoms with Gasteiger partial charge in [-0.15, -0.1) is 11.3 Å². The van der Waals surface area contributed by atoms with E-state index in [1.165, 1.54) is 31.1 Å². The lowest BCUT2D eigenvalue weighted by Crippen LogP contribution is -2.10. The zero-order valence-corrected chi connectivity index (χ0v) is 16.6. The Morgan fingerprint density at radius 2 is 1.93 bits per heavy atom. The van der Waals surface area contributed by atoms with Gasteiger partial charge in [0.2, 0.25) is 6.23 Å². The van der Waals surface area contributed by atoms with Crippen LogP contribution in [0.4, 0.5) is 5.13 Å². The molecule has 0 unspecified atom stereocenters. The number of nitrogens with zero attached hydrogens (tertiary/aromatic N) is 1. The highest BCUT2D eigenvalue weighted by Gasteiger charge is 2.36. The molecule has 0 aliphatic carbocycles. The summed E-state index contributed by atoms with van der Waals surface area (Å²) in [5.41, 5.74) is 4.30. The quantitative estimate of drug-likeness (QED) is 0.611. The summed E-state index contributed by atoms with van der Waals surface area (Å²) < 4.78 is 16.1. The van der Waals surface area contributed by atoms with Crippen molar-refractivity contribution >= 4 is 22.4 Å². The van der Waals surface area contributed by atoms with Gasteiger partial charge in [0.05, 0.1) is 19.9 Å². The number of hydrogen-bond acceptors (Lipinski definition) is 7. The fraction of sp³-hybridized carbons (Fsp3) is 0.238. The summed E-state index contributed by atoms with van der Waals surface area (Å²) in [6.45, 7) is 2.13. The first kappa shape index (κ1) is 18.3. The topological polar surface area (TPSA) is 69.7 Å². The molecule has 28 heavy (non-hydrogen) atoms. The summed E-state index contributed by atoms with van der Waals surface area (Å²) in [5, 5.41) is 5.85. The Kier molecular flexibility index (Phi) is 4.92. The second-order valence-corrected chi connectivity index (χ2v) is 7.14. The number of benzene rings is 2. The van der Waals surface area contributed by atoms with Crippen molar-refractivity contribution in [1.82, 2.24) is 4.98 Å². The molecule has 0 fully saturated rings. The first-order valence-electron chi connectivity index (χ1n) is 8.91. The molecule has 6 nitrogen and oxygen atoms in total. The van der Waals surface area contributed by atoms with Crippen LogP contribution in [0.15, 0.2) is 41.8 Å². The van der Waals surface area contributed by atoms with Gasteiger partial charge in [0, 0.05) is 16.5 Å². The molecule has 2 aromatic carbocycles. The number of rotatable bonds is 6. The standard InChI is InChI=1S/C21H20N2O4S/c1-4-12-5-7-13(8-6-12)15-11-28-21(22-15)23-19-14-9-10-16(25-2)18(26-3)17(14)20(24)27-19/h5-11,19H,4H2,1-3H3,(H,22,23)/t19-/m0/s1. The van der Waals surface area contributed by atoms with Gasteiger partial charge in [-0.2, -0.15) is 0 Å². The lowest BCUT2D eigenvalue weighted by Gasteiger charge is -2.13. The zero-order chi connectivity index (χ0) is 19.7. The molecule has 0 saturated heterocycles. The van der Waals surface area contributed by atoms with Crippen LogP contribution in [-0.4, -0.2) is 25.2 Å². The van der Waals surface area contributed by atoms with E-state index in [1.54, 1.807) is 12.1 Å². The van der Waals surface area contributed by atoms with Gasteiger partial charge in [0.1, 0.15) is 5.56 Å². The third kappa shape index (κ3) is 3.18. The minimum Gasteiger partial charge on any atom is -0.493 e. The maximum atomic E-state index is 12.4. The number of carbonyl (C=O) groups is 1. The number of methoxy groups -OCH3 is 2. The van der Waals surface area contributed by atoms with Crippen LogP contribution in [0.1, 0.15) is 34.6 Å². The van der Waals surface area contributed by atoms with E-state index in [9.17, 15) is 4.79 Å². The third-order valence-electron chi connectivity index (χ3n) is 4.71. The molecule has 0 radical (unpaired) electrons. The maximum absolute atomic E-state index is 12.4. The first-order valence-corrected chi connectivity index (χ1v) is 9.79. The van der Waals surface area contributed by atoms with Crippen molar-refractivity contribution in [2.45, 2.75) is 19.6 Å². The molecule has 0 bridgehead atoms. The number of anilines is 1. The lowest BCUT2D eigenvalue weighted by molar-refractivity contribution is 0.0435. The van der Waals surface area contributed by atoms with Gasteiger partial charge < -0.3 is 19.5 Å². The molecule has 1 atom stereocenters. The Morgan fingerprint density at radius 3 is 2.61 bits per heavy atom. The van der Waals surface area contributed by atoms with Crippen LogP contribution in [0, 0.1) is 0 Å². The monoisotopic (exact) mass is 396 g/mol. The minimum absolute atomic E-state index is 0.380. The maximum Gasteiger partial charge on any atom is 0.344 e. The Balaban J connectivity index is 1.58. The van der Waals surface area contributed by atoms with E-state index in [2.05, 4.69) is 41.5 Å². The number of cyclic esters (lactones) is 1. The summed E-state index contributed by atoms with van der Waals surface area (Å²) in [4.78, 5) is 17.0. The fourth-order valence-electron chi connectivity index (χ4n) is 3.20. The molecule has 7 heteroatoms. The van der Waals surface area contributed by atoms with E-state index in [0.29, 0.717) is 27.8 Å². The van der Waals surface area contributed by atoms with E-state index in [4.69, 9.17) is 14.2 Å². The van der Waals surface area contributed by atoms with Crippen LogP contribution >= 0.6 is 11.3 Å². The van der Waals surface area contributed by atoms with Crippen molar-refractivity contribution < 1.29 is 19.0 Å². The molecule has 3 aromatic rings. The van der Waals surface area contributed by atoms with Gasteiger partial charge in [-0.25, -0.2) is 9.78 Å². The first-order chi connectivity index (χ1) is 13.6. The van der Waals surface area contributed by atoms with Crippen LogP contribution in [0.25, 0.3) is 11.3 Å². The van der Waals surface area contributed by atoms with E-state index in [1.807, 2.05) is 5.38 Å². The Morgan fingerprint density at radius 1 is 1.14 bits per heavy atom. The summed E-state index contributed by atoms with van der Waals surface area (Å²) in [6, 6.07) is 11.9. The molecule has 1 aromatic heterocycles. The molecule has 4 rings (SSSR count). The van der Waals surface area contributed by atoms with Gasteiger partial charge in [0.15, 0.2) is 16.6 Å². The minimum atomic E-state index is -0.622. The Bertz CT molecular complexity index is 1010. The highest BCUT2D eigenvalue weighted by Crippen LogP contribution is 2.42. The zero-order valence-electron chi connectivity index (χ0n) is 15.8. The molecule has 144 valence electrons. The fourth-order valence-corrected chi connectivity index (χ4v) is 3.94. The molecule has 0 spiro atoms. The molecule has 2 heterocycles. The molecule has 0 saturated carbocycles. The van der Waals surface area contributed by atoms with Crippen molar-refractivity contribution in [2.24, 2.45) is 0 Å².